The number of piperidine rings is 1. The van der Waals surface area contributed by atoms with Crippen LogP contribution in [0.3, 0.4) is 0 Å². The number of likely N-dealkylation sites (tertiary alicyclic amines) is 1. The molecule has 0 bridgehead atoms. The Balaban J connectivity index is 1.64. The summed E-state index contributed by atoms with van der Waals surface area (Å²) in [5, 5.41) is 0. The number of benzene rings is 1. The van der Waals surface area contributed by atoms with E-state index in [1.54, 1.807) is 0 Å². The van der Waals surface area contributed by atoms with Gasteiger partial charge in [0.25, 0.3) is 0 Å². The van der Waals surface area contributed by atoms with E-state index in [1.165, 1.54) is 24.9 Å². The third-order valence-corrected chi connectivity index (χ3v) is 3.84. The Morgan fingerprint density at radius 2 is 2.13 bits per heavy atom. The van der Waals surface area contributed by atoms with Crippen LogP contribution in [0.15, 0.2) is 30.3 Å². The maximum absolute atomic E-state index is 6.25. The van der Waals surface area contributed by atoms with Gasteiger partial charge in [0, 0.05) is 18.6 Å². The van der Waals surface area contributed by atoms with Crippen molar-refractivity contribution < 1.29 is 0 Å². The summed E-state index contributed by atoms with van der Waals surface area (Å²) in [5.41, 5.74) is 7.83. The SMILES string of the molecule is N[C@]12C[C@H]1CCN(Cc1ccccc1)C2. The highest BCUT2D eigenvalue weighted by Gasteiger charge is 2.53. The summed E-state index contributed by atoms with van der Waals surface area (Å²) in [4.78, 5) is 2.50. The van der Waals surface area contributed by atoms with Crippen LogP contribution < -0.4 is 5.73 Å². The van der Waals surface area contributed by atoms with Crippen molar-refractivity contribution in [2.24, 2.45) is 11.7 Å². The number of fused-ring (bicyclic) bond motifs is 1. The van der Waals surface area contributed by atoms with Crippen molar-refractivity contribution in [3.8, 4) is 0 Å². The minimum Gasteiger partial charge on any atom is -0.324 e. The van der Waals surface area contributed by atoms with Crippen molar-refractivity contribution in [3.05, 3.63) is 35.9 Å². The molecule has 0 radical (unpaired) electrons. The van der Waals surface area contributed by atoms with E-state index in [0.717, 1.165) is 19.0 Å². The third-order valence-electron chi connectivity index (χ3n) is 3.84. The minimum atomic E-state index is 0.174. The van der Waals surface area contributed by atoms with Gasteiger partial charge in [0.15, 0.2) is 0 Å². The summed E-state index contributed by atoms with van der Waals surface area (Å²) in [5.74, 6) is 0.824. The number of hydrogen-bond acceptors (Lipinski definition) is 2. The molecule has 1 aromatic carbocycles. The average Bonchev–Trinajstić information content (AvgIpc) is 2.90. The molecule has 1 aliphatic carbocycles. The van der Waals surface area contributed by atoms with Gasteiger partial charge in [0.1, 0.15) is 0 Å². The van der Waals surface area contributed by atoms with E-state index in [-0.39, 0.29) is 5.54 Å². The predicted octanol–water partition coefficient (Wildman–Crippen LogP) is 1.61. The topological polar surface area (TPSA) is 29.3 Å². The van der Waals surface area contributed by atoms with Crippen molar-refractivity contribution in [1.29, 1.82) is 0 Å². The van der Waals surface area contributed by atoms with Gasteiger partial charge in [0.2, 0.25) is 0 Å². The summed E-state index contributed by atoms with van der Waals surface area (Å²) in [6.07, 6.45) is 2.54. The molecule has 2 heteroatoms. The Labute approximate surface area is 91.1 Å². The smallest absolute Gasteiger partial charge is 0.0316 e. The van der Waals surface area contributed by atoms with Gasteiger partial charge in [-0.25, -0.2) is 0 Å². The Kier molecular flexibility index (Phi) is 2.08. The van der Waals surface area contributed by atoms with Gasteiger partial charge in [-0.2, -0.15) is 0 Å². The molecule has 0 aromatic heterocycles. The lowest BCUT2D eigenvalue weighted by Gasteiger charge is -2.30. The lowest BCUT2D eigenvalue weighted by molar-refractivity contribution is 0.196. The summed E-state index contributed by atoms with van der Waals surface area (Å²) < 4.78 is 0. The molecule has 80 valence electrons. The molecular formula is C13H18N2. The van der Waals surface area contributed by atoms with Gasteiger partial charge in [0.05, 0.1) is 0 Å². The maximum atomic E-state index is 6.25. The molecule has 2 fully saturated rings. The number of nitrogens with two attached hydrogens (primary N) is 1. The number of hydrogen-bond donors (Lipinski definition) is 1. The fourth-order valence-corrected chi connectivity index (χ4v) is 2.79. The van der Waals surface area contributed by atoms with Crippen LogP contribution in [-0.4, -0.2) is 23.5 Å². The third kappa shape index (κ3) is 1.80. The molecule has 0 spiro atoms. The lowest BCUT2D eigenvalue weighted by atomic mass is 10.1. The van der Waals surface area contributed by atoms with Crippen molar-refractivity contribution in [1.82, 2.24) is 4.90 Å². The fraction of sp³-hybridized carbons (Fsp3) is 0.538. The zero-order chi connectivity index (χ0) is 10.3. The van der Waals surface area contributed by atoms with Crippen LogP contribution in [0.25, 0.3) is 0 Å². The van der Waals surface area contributed by atoms with E-state index >= 15 is 0 Å². The van der Waals surface area contributed by atoms with E-state index in [2.05, 4.69) is 35.2 Å². The molecule has 3 rings (SSSR count). The van der Waals surface area contributed by atoms with Crippen molar-refractivity contribution >= 4 is 0 Å². The van der Waals surface area contributed by atoms with Crippen LogP contribution in [0, 0.1) is 5.92 Å². The molecule has 2 atom stereocenters. The fourth-order valence-electron chi connectivity index (χ4n) is 2.79. The summed E-state index contributed by atoms with van der Waals surface area (Å²) in [6.45, 7) is 3.37. The first kappa shape index (κ1) is 9.37. The molecule has 15 heavy (non-hydrogen) atoms. The molecule has 0 amide bonds. The molecular weight excluding hydrogens is 184 g/mol. The Bertz CT molecular complexity index is 349. The van der Waals surface area contributed by atoms with Crippen molar-refractivity contribution in [2.75, 3.05) is 13.1 Å². The molecule has 1 aromatic rings. The molecule has 2 aliphatic rings. The van der Waals surface area contributed by atoms with Gasteiger partial charge >= 0.3 is 0 Å². The molecule has 1 saturated carbocycles. The van der Waals surface area contributed by atoms with Crippen LogP contribution in [0.2, 0.25) is 0 Å². The summed E-state index contributed by atoms with van der Waals surface area (Å²) in [7, 11) is 0. The van der Waals surface area contributed by atoms with E-state index in [0.29, 0.717) is 0 Å². The van der Waals surface area contributed by atoms with Gasteiger partial charge in [-0.3, -0.25) is 4.90 Å². The maximum Gasteiger partial charge on any atom is 0.0316 e. The first-order valence-corrected chi connectivity index (χ1v) is 5.81. The van der Waals surface area contributed by atoms with E-state index in [1.807, 2.05) is 0 Å². The van der Waals surface area contributed by atoms with Crippen molar-refractivity contribution in [2.45, 2.75) is 24.9 Å². The monoisotopic (exact) mass is 202 g/mol. The highest BCUT2D eigenvalue weighted by atomic mass is 15.2. The van der Waals surface area contributed by atoms with Gasteiger partial charge in [-0.05, 0) is 30.9 Å². The highest BCUT2D eigenvalue weighted by Crippen LogP contribution is 2.47. The lowest BCUT2D eigenvalue weighted by Crippen LogP contribution is -2.44. The summed E-state index contributed by atoms with van der Waals surface area (Å²) in [6, 6.07) is 10.7. The Hall–Kier alpha value is -0.860. The second-order valence-electron chi connectivity index (χ2n) is 5.12. The largest absolute Gasteiger partial charge is 0.324 e. The Morgan fingerprint density at radius 1 is 1.33 bits per heavy atom. The van der Waals surface area contributed by atoms with Crippen LogP contribution >= 0.6 is 0 Å². The quantitative estimate of drug-likeness (QED) is 0.789. The van der Waals surface area contributed by atoms with E-state index < -0.39 is 0 Å². The van der Waals surface area contributed by atoms with Crippen LogP contribution in [0.5, 0.6) is 0 Å². The molecule has 2 nitrogen and oxygen atoms in total. The molecule has 1 aliphatic heterocycles. The first-order chi connectivity index (χ1) is 7.26. The second kappa shape index (κ2) is 3.32. The number of nitrogens with zero attached hydrogens (tertiary/aromatic N) is 1. The van der Waals surface area contributed by atoms with Gasteiger partial charge in [-0.1, -0.05) is 30.3 Å². The average molecular weight is 202 g/mol. The zero-order valence-corrected chi connectivity index (χ0v) is 9.02. The molecule has 2 N–H and O–H groups in total. The van der Waals surface area contributed by atoms with Crippen LogP contribution in [0.4, 0.5) is 0 Å². The standard InChI is InChI=1S/C13H18N2/c14-13-8-12(13)6-7-15(10-13)9-11-4-2-1-3-5-11/h1-5,12H,6-10,14H2/t12-,13+/m1/s1. The van der Waals surface area contributed by atoms with Gasteiger partial charge < -0.3 is 5.73 Å². The molecule has 0 unspecified atom stereocenters. The molecule has 1 saturated heterocycles. The zero-order valence-electron chi connectivity index (χ0n) is 9.02. The summed E-state index contributed by atoms with van der Waals surface area (Å²) >= 11 is 0. The van der Waals surface area contributed by atoms with Crippen molar-refractivity contribution in [3.63, 3.8) is 0 Å². The normalized spacial score (nSPS) is 34.9. The van der Waals surface area contributed by atoms with Crippen LogP contribution in [0.1, 0.15) is 18.4 Å². The molecule has 1 heterocycles. The predicted molar refractivity (Wildman–Crippen MR) is 61.4 cm³/mol. The first-order valence-electron chi connectivity index (χ1n) is 5.81. The van der Waals surface area contributed by atoms with E-state index in [4.69, 9.17) is 5.73 Å². The van der Waals surface area contributed by atoms with E-state index in [9.17, 15) is 0 Å². The van der Waals surface area contributed by atoms with Crippen LogP contribution in [-0.2, 0) is 6.54 Å². The van der Waals surface area contributed by atoms with Gasteiger partial charge in [-0.15, -0.1) is 0 Å². The minimum absolute atomic E-state index is 0.174. The Morgan fingerprint density at radius 3 is 2.87 bits per heavy atom. The number of rotatable bonds is 2. The second-order valence-corrected chi connectivity index (χ2v) is 5.12. The highest BCUT2D eigenvalue weighted by molar-refractivity contribution is 5.17.